The molecule has 2 rings (SSSR count). The molecule has 1 aromatic heterocycles. The van der Waals surface area contributed by atoms with Crippen molar-refractivity contribution < 1.29 is 4.79 Å². The normalized spacial score (nSPS) is 10.6. The molecule has 2 N–H and O–H groups in total. The molecule has 0 saturated carbocycles. The summed E-state index contributed by atoms with van der Waals surface area (Å²) in [6.45, 7) is 3.79. The lowest BCUT2D eigenvalue weighted by Crippen LogP contribution is -2.36. The first-order valence-electron chi connectivity index (χ1n) is 6.61. The van der Waals surface area contributed by atoms with Gasteiger partial charge in [0.25, 0.3) is 5.91 Å². The predicted octanol–water partition coefficient (Wildman–Crippen LogP) is 2.05. The van der Waals surface area contributed by atoms with Gasteiger partial charge in [0.05, 0.1) is 0 Å². The fraction of sp³-hybridized carbons (Fsp3) is 0.333. The fourth-order valence-electron chi connectivity index (χ4n) is 2.18. The summed E-state index contributed by atoms with van der Waals surface area (Å²) in [5.74, 6) is -0.0379. The van der Waals surface area contributed by atoms with Crippen molar-refractivity contribution in [1.82, 2.24) is 9.88 Å². The number of amides is 1. The average Bonchev–Trinajstić information content (AvgIpc) is 2.46. The fourth-order valence-corrected chi connectivity index (χ4v) is 2.18. The highest BCUT2D eigenvalue weighted by Gasteiger charge is 2.17. The Kier molecular flexibility index (Phi) is 4.47. The Morgan fingerprint density at radius 3 is 2.79 bits per heavy atom. The first kappa shape index (κ1) is 13.5. The highest BCUT2D eigenvalue weighted by molar-refractivity contribution is 6.05. The van der Waals surface area contributed by atoms with Crippen LogP contribution in [0.15, 0.2) is 36.5 Å². The third-order valence-corrected chi connectivity index (χ3v) is 3.06. The monoisotopic (exact) mass is 257 g/mol. The molecule has 1 heterocycles. The number of carbonyl (C=O) groups excluding carboxylic acids is 1. The van der Waals surface area contributed by atoms with Crippen molar-refractivity contribution in [3.8, 4) is 0 Å². The van der Waals surface area contributed by atoms with Crippen LogP contribution in [-0.4, -0.2) is 35.4 Å². The maximum atomic E-state index is 12.5. The Morgan fingerprint density at radius 2 is 2.05 bits per heavy atom. The van der Waals surface area contributed by atoms with Crippen LogP contribution >= 0.6 is 0 Å². The van der Waals surface area contributed by atoms with Gasteiger partial charge in [0.2, 0.25) is 0 Å². The molecule has 4 nitrogen and oxygen atoms in total. The van der Waals surface area contributed by atoms with Gasteiger partial charge in [-0.1, -0.05) is 31.2 Å². The van der Waals surface area contributed by atoms with Gasteiger partial charge in [-0.05, 0) is 17.9 Å². The van der Waals surface area contributed by atoms with Crippen molar-refractivity contribution in [2.24, 2.45) is 5.73 Å². The van der Waals surface area contributed by atoms with E-state index in [0.717, 1.165) is 17.2 Å². The Bertz CT molecular complexity index is 557. The maximum absolute atomic E-state index is 12.5. The lowest BCUT2D eigenvalue weighted by atomic mass is 10.1. The summed E-state index contributed by atoms with van der Waals surface area (Å²) < 4.78 is 0. The third-order valence-electron chi connectivity index (χ3n) is 3.06. The molecule has 0 radical (unpaired) electrons. The van der Waals surface area contributed by atoms with Crippen LogP contribution in [0.3, 0.4) is 0 Å². The highest BCUT2D eigenvalue weighted by Crippen LogP contribution is 2.17. The zero-order chi connectivity index (χ0) is 13.7. The van der Waals surface area contributed by atoms with Crippen molar-refractivity contribution in [3.63, 3.8) is 0 Å². The molecule has 0 aliphatic carbocycles. The second-order valence-corrected chi connectivity index (χ2v) is 4.46. The number of benzene rings is 1. The van der Waals surface area contributed by atoms with Crippen molar-refractivity contribution in [2.45, 2.75) is 13.3 Å². The summed E-state index contributed by atoms with van der Waals surface area (Å²) in [6, 6.07) is 9.72. The lowest BCUT2D eigenvalue weighted by Gasteiger charge is -2.21. The highest BCUT2D eigenvalue weighted by atomic mass is 16.2. The summed E-state index contributed by atoms with van der Waals surface area (Å²) in [6.07, 6.45) is 2.60. The molecule has 0 spiro atoms. The minimum atomic E-state index is -0.0379. The number of aromatic nitrogens is 1. The largest absolute Gasteiger partial charge is 0.336 e. The maximum Gasteiger partial charge on any atom is 0.273 e. The van der Waals surface area contributed by atoms with Crippen molar-refractivity contribution in [1.29, 1.82) is 0 Å². The first-order valence-corrected chi connectivity index (χ1v) is 6.61. The molecule has 19 heavy (non-hydrogen) atoms. The molecule has 0 saturated heterocycles. The van der Waals surface area contributed by atoms with E-state index >= 15 is 0 Å². The number of hydrogen-bond donors (Lipinski definition) is 1. The smallest absolute Gasteiger partial charge is 0.273 e. The zero-order valence-corrected chi connectivity index (χ0v) is 11.2. The van der Waals surface area contributed by atoms with Gasteiger partial charge in [-0.15, -0.1) is 0 Å². The number of nitrogens with two attached hydrogens (primary N) is 1. The van der Waals surface area contributed by atoms with Gasteiger partial charge in [-0.2, -0.15) is 0 Å². The number of carbonyl (C=O) groups is 1. The van der Waals surface area contributed by atoms with Crippen LogP contribution in [0.2, 0.25) is 0 Å². The van der Waals surface area contributed by atoms with E-state index in [0.29, 0.717) is 25.3 Å². The Balaban J connectivity index is 2.39. The van der Waals surface area contributed by atoms with E-state index < -0.39 is 0 Å². The van der Waals surface area contributed by atoms with E-state index in [1.807, 2.05) is 37.3 Å². The molecular weight excluding hydrogens is 238 g/mol. The molecule has 1 aromatic carbocycles. The number of nitrogens with zero attached hydrogens (tertiary/aromatic N) is 2. The molecule has 0 aliphatic heterocycles. The zero-order valence-electron chi connectivity index (χ0n) is 11.2. The van der Waals surface area contributed by atoms with E-state index in [4.69, 9.17) is 5.73 Å². The summed E-state index contributed by atoms with van der Waals surface area (Å²) in [4.78, 5) is 18.6. The van der Waals surface area contributed by atoms with Crippen LogP contribution in [0, 0.1) is 0 Å². The number of fused-ring (bicyclic) bond motifs is 1. The van der Waals surface area contributed by atoms with E-state index in [-0.39, 0.29) is 5.91 Å². The predicted molar refractivity (Wildman–Crippen MR) is 77.0 cm³/mol. The van der Waals surface area contributed by atoms with Gasteiger partial charge in [-0.3, -0.25) is 9.78 Å². The molecule has 0 bridgehead atoms. The number of pyridine rings is 1. The Morgan fingerprint density at radius 1 is 1.26 bits per heavy atom. The molecule has 2 aromatic rings. The van der Waals surface area contributed by atoms with Gasteiger partial charge in [0.15, 0.2) is 0 Å². The SMILES string of the molecule is CCCN(CCN)C(=O)c1nccc2ccccc12. The molecular formula is C15H19N3O. The van der Waals surface area contributed by atoms with Crippen molar-refractivity contribution in [3.05, 3.63) is 42.2 Å². The topological polar surface area (TPSA) is 59.2 Å². The minimum absolute atomic E-state index is 0.0379. The molecule has 0 fully saturated rings. The van der Waals surface area contributed by atoms with Crippen LogP contribution in [0.5, 0.6) is 0 Å². The summed E-state index contributed by atoms with van der Waals surface area (Å²) in [5.41, 5.74) is 6.09. The third kappa shape index (κ3) is 2.90. The van der Waals surface area contributed by atoms with Crippen molar-refractivity contribution in [2.75, 3.05) is 19.6 Å². The Hall–Kier alpha value is -1.94. The number of rotatable bonds is 5. The molecule has 1 amide bonds. The molecule has 100 valence electrons. The van der Waals surface area contributed by atoms with Gasteiger partial charge in [0, 0.05) is 31.2 Å². The molecule has 0 atom stereocenters. The van der Waals surface area contributed by atoms with Crippen LogP contribution in [0.4, 0.5) is 0 Å². The second kappa shape index (κ2) is 6.29. The standard InChI is InChI=1S/C15H19N3O/c1-2-10-18(11-8-16)15(19)14-13-6-4-3-5-12(13)7-9-17-14/h3-7,9H,2,8,10-11,16H2,1H3. The van der Waals surface area contributed by atoms with Crippen molar-refractivity contribution >= 4 is 16.7 Å². The van der Waals surface area contributed by atoms with E-state index in [2.05, 4.69) is 4.98 Å². The minimum Gasteiger partial charge on any atom is -0.336 e. The molecule has 4 heteroatoms. The van der Waals surface area contributed by atoms with E-state index in [1.165, 1.54) is 0 Å². The second-order valence-electron chi connectivity index (χ2n) is 4.46. The van der Waals surface area contributed by atoms with Gasteiger partial charge in [0.1, 0.15) is 5.69 Å². The summed E-state index contributed by atoms with van der Waals surface area (Å²) in [7, 11) is 0. The lowest BCUT2D eigenvalue weighted by molar-refractivity contribution is 0.0756. The van der Waals surface area contributed by atoms with Crippen LogP contribution < -0.4 is 5.73 Å². The van der Waals surface area contributed by atoms with Gasteiger partial charge >= 0.3 is 0 Å². The van der Waals surface area contributed by atoms with E-state index in [1.54, 1.807) is 11.1 Å². The van der Waals surface area contributed by atoms with Crippen LogP contribution in [0.1, 0.15) is 23.8 Å². The average molecular weight is 257 g/mol. The first-order chi connectivity index (χ1) is 9.27. The van der Waals surface area contributed by atoms with Gasteiger partial charge < -0.3 is 10.6 Å². The van der Waals surface area contributed by atoms with Crippen LogP contribution in [0.25, 0.3) is 10.8 Å². The van der Waals surface area contributed by atoms with E-state index in [9.17, 15) is 4.79 Å². The summed E-state index contributed by atoms with van der Waals surface area (Å²) in [5, 5.41) is 1.93. The van der Waals surface area contributed by atoms with Crippen LogP contribution in [-0.2, 0) is 0 Å². The quantitative estimate of drug-likeness (QED) is 0.891. The molecule has 0 unspecified atom stereocenters. The molecule has 0 aliphatic rings. The van der Waals surface area contributed by atoms with Gasteiger partial charge in [-0.25, -0.2) is 0 Å². The number of hydrogen-bond acceptors (Lipinski definition) is 3. The summed E-state index contributed by atoms with van der Waals surface area (Å²) >= 11 is 0. The Labute approximate surface area is 113 Å².